The molecule has 0 spiro atoms. The zero-order valence-corrected chi connectivity index (χ0v) is 12.6. The highest BCUT2D eigenvalue weighted by molar-refractivity contribution is 6.24. The molecule has 3 rings (SSSR count). The van der Waals surface area contributed by atoms with Crippen molar-refractivity contribution in [3.63, 3.8) is 0 Å². The summed E-state index contributed by atoms with van der Waals surface area (Å²) >= 11 is 0. The maximum Gasteiger partial charge on any atom is 0.209 e. The van der Waals surface area contributed by atoms with Crippen molar-refractivity contribution in [3.05, 3.63) is 46.7 Å². The van der Waals surface area contributed by atoms with Crippen molar-refractivity contribution in [1.82, 2.24) is 5.32 Å². The first kappa shape index (κ1) is 14.1. The summed E-state index contributed by atoms with van der Waals surface area (Å²) in [6.45, 7) is 4.17. The Bertz CT molecular complexity index is 630. The van der Waals surface area contributed by atoms with Gasteiger partial charge in [0, 0.05) is 23.2 Å². The molecule has 2 atom stereocenters. The van der Waals surface area contributed by atoms with Crippen LogP contribution in [0.4, 0.5) is 0 Å². The molecule has 3 nitrogen and oxygen atoms in total. The van der Waals surface area contributed by atoms with Crippen LogP contribution in [0.3, 0.4) is 0 Å². The van der Waals surface area contributed by atoms with E-state index in [4.69, 9.17) is 0 Å². The second-order valence-electron chi connectivity index (χ2n) is 6.41. The van der Waals surface area contributed by atoms with Crippen molar-refractivity contribution in [3.8, 4) is 0 Å². The first-order valence-corrected chi connectivity index (χ1v) is 7.72. The summed E-state index contributed by atoms with van der Waals surface area (Å²) in [6.07, 6.45) is 6.06. The minimum atomic E-state index is -0.0698. The number of hydrogen-bond donors (Lipinski definition) is 1. The number of carbonyl (C=O) groups excluding carboxylic acids is 2. The zero-order chi connectivity index (χ0) is 15.0. The van der Waals surface area contributed by atoms with Gasteiger partial charge in [-0.1, -0.05) is 31.4 Å². The number of rotatable bonds is 2. The fourth-order valence-electron chi connectivity index (χ4n) is 3.37. The molecule has 110 valence electrons. The number of benzene rings is 1. The number of Topliss-reactive ketones (excluding diaryl/α,β-unsaturated/α-hetero) is 1. The van der Waals surface area contributed by atoms with Gasteiger partial charge in [0.25, 0.3) is 0 Å². The molecule has 1 saturated carbocycles. The van der Waals surface area contributed by atoms with E-state index in [2.05, 4.69) is 12.2 Å². The Hall–Kier alpha value is -1.90. The Morgan fingerprint density at radius 3 is 2.71 bits per heavy atom. The third-order valence-electron chi connectivity index (χ3n) is 4.50. The fraction of sp³-hybridized carbons (Fsp3) is 0.444. The van der Waals surface area contributed by atoms with Crippen molar-refractivity contribution in [1.29, 1.82) is 0 Å². The second-order valence-corrected chi connectivity index (χ2v) is 6.41. The highest BCUT2D eigenvalue weighted by Crippen LogP contribution is 2.26. The standard InChI is InChI=1S/C18H21NO2/c1-11-4-3-5-13(8-11)19-16-10-17(20)15-9-12(2)6-7-14(15)18(16)21/h6-7,9-11,13,19H,3-5,8H2,1-2H3. The van der Waals surface area contributed by atoms with Crippen molar-refractivity contribution in [2.45, 2.75) is 45.6 Å². The number of hydrogen-bond acceptors (Lipinski definition) is 3. The van der Waals surface area contributed by atoms with Crippen molar-refractivity contribution >= 4 is 11.6 Å². The number of aryl methyl sites for hydroxylation is 1. The predicted molar refractivity (Wildman–Crippen MR) is 82.5 cm³/mol. The summed E-state index contributed by atoms with van der Waals surface area (Å²) in [7, 11) is 0. The average molecular weight is 283 g/mol. The second kappa shape index (κ2) is 5.47. The maximum atomic E-state index is 12.5. The largest absolute Gasteiger partial charge is 0.379 e. The van der Waals surface area contributed by atoms with Gasteiger partial charge in [-0.05, 0) is 37.8 Å². The Morgan fingerprint density at radius 2 is 1.95 bits per heavy atom. The van der Waals surface area contributed by atoms with Gasteiger partial charge in [-0.15, -0.1) is 0 Å². The molecule has 2 aliphatic rings. The molecule has 21 heavy (non-hydrogen) atoms. The Balaban J connectivity index is 1.83. The van der Waals surface area contributed by atoms with E-state index >= 15 is 0 Å². The van der Waals surface area contributed by atoms with E-state index in [1.54, 1.807) is 12.1 Å². The van der Waals surface area contributed by atoms with Gasteiger partial charge < -0.3 is 5.32 Å². The van der Waals surface area contributed by atoms with Crippen molar-refractivity contribution in [2.75, 3.05) is 0 Å². The van der Waals surface area contributed by atoms with Crippen LogP contribution in [0.2, 0.25) is 0 Å². The predicted octanol–water partition coefficient (Wildman–Crippen LogP) is 3.43. The highest BCUT2D eigenvalue weighted by Gasteiger charge is 2.28. The van der Waals surface area contributed by atoms with E-state index in [1.165, 1.54) is 18.9 Å². The molecule has 1 N–H and O–H groups in total. The molecule has 0 radical (unpaired) electrons. The molecule has 2 aliphatic carbocycles. The van der Waals surface area contributed by atoms with E-state index in [-0.39, 0.29) is 11.6 Å². The van der Waals surface area contributed by atoms with Crippen LogP contribution in [0.25, 0.3) is 0 Å². The lowest BCUT2D eigenvalue weighted by Gasteiger charge is -2.29. The first-order chi connectivity index (χ1) is 10.0. The van der Waals surface area contributed by atoms with Crippen LogP contribution in [-0.4, -0.2) is 17.6 Å². The van der Waals surface area contributed by atoms with E-state index in [9.17, 15) is 9.59 Å². The number of fused-ring (bicyclic) bond motifs is 1. The first-order valence-electron chi connectivity index (χ1n) is 7.72. The van der Waals surface area contributed by atoms with Gasteiger partial charge in [0.05, 0.1) is 5.70 Å². The van der Waals surface area contributed by atoms with Gasteiger partial charge in [0.15, 0.2) is 5.78 Å². The third-order valence-corrected chi connectivity index (χ3v) is 4.50. The summed E-state index contributed by atoms with van der Waals surface area (Å²) in [6, 6.07) is 5.76. The number of carbonyl (C=O) groups is 2. The minimum Gasteiger partial charge on any atom is -0.379 e. The van der Waals surface area contributed by atoms with Crippen LogP contribution in [0, 0.1) is 12.8 Å². The Morgan fingerprint density at radius 1 is 1.14 bits per heavy atom. The summed E-state index contributed by atoms with van der Waals surface area (Å²) in [4.78, 5) is 24.8. The Labute approximate surface area is 125 Å². The molecule has 0 saturated heterocycles. The van der Waals surface area contributed by atoms with E-state index in [0.717, 1.165) is 18.4 Å². The summed E-state index contributed by atoms with van der Waals surface area (Å²) < 4.78 is 0. The molecule has 1 fully saturated rings. The van der Waals surface area contributed by atoms with Crippen LogP contribution in [0.5, 0.6) is 0 Å². The van der Waals surface area contributed by atoms with Gasteiger partial charge >= 0.3 is 0 Å². The monoisotopic (exact) mass is 283 g/mol. The van der Waals surface area contributed by atoms with Gasteiger partial charge in [-0.25, -0.2) is 0 Å². The van der Waals surface area contributed by atoms with Crippen LogP contribution >= 0.6 is 0 Å². The molecular formula is C18H21NO2. The molecule has 0 aliphatic heterocycles. The van der Waals surface area contributed by atoms with Crippen LogP contribution in [0.1, 0.15) is 58.9 Å². The van der Waals surface area contributed by atoms with Crippen LogP contribution in [-0.2, 0) is 0 Å². The molecular weight excluding hydrogens is 262 g/mol. The zero-order valence-electron chi connectivity index (χ0n) is 12.6. The van der Waals surface area contributed by atoms with Gasteiger partial charge in [-0.2, -0.15) is 0 Å². The van der Waals surface area contributed by atoms with Gasteiger partial charge in [0.2, 0.25) is 5.78 Å². The fourth-order valence-corrected chi connectivity index (χ4v) is 3.37. The lowest BCUT2D eigenvalue weighted by molar-refractivity contribution is 0.0974. The van der Waals surface area contributed by atoms with E-state index in [0.29, 0.717) is 28.8 Å². The lowest BCUT2D eigenvalue weighted by Crippen LogP contribution is -2.37. The smallest absolute Gasteiger partial charge is 0.209 e. The van der Waals surface area contributed by atoms with Crippen molar-refractivity contribution in [2.24, 2.45) is 5.92 Å². The molecule has 0 bridgehead atoms. The molecule has 2 unspecified atom stereocenters. The van der Waals surface area contributed by atoms with E-state index in [1.807, 2.05) is 13.0 Å². The third kappa shape index (κ3) is 2.78. The summed E-state index contributed by atoms with van der Waals surface area (Å²) in [5, 5.41) is 3.31. The lowest BCUT2D eigenvalue weighted by atomic mass is 9.86. The molecule has 1 aromatic rings. The highest BCUT2D eigenvalue weighted by atomic mass is 16.1. The molecule has 0 amide bonds. The molecule has 1 aromatic carbocycles. The molecule has 0 heterocycles. The minimum absolute atomic E-state index is 0.0529. The molecule has 3 heteroatoms. The summed E-state index contributed by atoms with van der Waals surface area (Å²) in [5.74, 6) is 0.559. The van der Waals surface area contributed by atoms with Crippen LogP contribution < -0.4 is 5.32 Å². The average Bonchev–Trinajstić information content (AvgIpc) is 2.44. The number of allylic oxidation sites excluding steroid dienone is 2. The number of ketones is 2. The normalized spacial score (nSPS) is 25.3. The van der Waals surface area contributed by atoms with E-state index < -0.39 is 0 Å². The Kier molecular flexibility index (Phi) is 3.66. The number of nitrogens with one attached hydrogen (secondary N) is 1. The maximum absolute atomic E-state index is 12.5. The quantitative estimate of drug-likeness (QED) is 0.904. The summed E-state index contributed by atoms with van der Waals surface area (Å²) in [5.41, 5.74) is 2.53. The SMILES string of the molecule is Cc1ccc2c(c1)C(=O)C=C(NC1CCCC(C)C1)C2=O. The molecule has 0 aromatic heterocycles. The topological polar surface area (TPSA) is 46.2 Å². The van der Waals surface area contributed by atoms with Gasteiger partial charge in [-0.3, -0.25) is 9.59 Å². The van der Waals surface area contributed by atoms with Gasteiger partial charge in [0.1, 0.15) is 0 Å². The van der Waals surface area contributed by atoms with Crippen molar-refractivity contribution < 1.29 is 9.59 Å². The van der Waals surface area contributed by atoms with Crippen LogP contribution in [0.15, 0.2) is 30.0 Å².